The van der Waals surface area contributed by atoms with E-state index in [2.05, 4.69) is 40.2 Å². The number of pyridine rings is 1. The van der Waals surface area contributed by atoms with Crippen LogP contribution in [-0.2, 0) is 12.1 Å². The number of hydrogen-bond donors (Lipinski definition) is 1. The van der Waals surface area contributed by atoms with Crippen LogP contribution in [0.2, 0.25) is 0 Å². The van der Waals surface area contributed by atoms with Crippen LogP contribution in [0.4, 0.5) is 0 Å². The van der Waals surface area contributed by atoms with Crippen LogP contribution in [0.3, 0.4) is 0 Å². The van der Waals surface area contributed by atoms with Gasteiger partial charge in [0.05, 0.1) is 11.3 Å². The summed E-state index contributed by atoms with van der Waals surface area (Å²) in [5.41, 5.74) is 1.70. The molecule has 1 aromatic carbocycles. The average molecular weight is 319 g/mol. The third kappa shape index (κ3) is 2.71. The van der Waals surface area contributed by atoms with Gasteiger partial charge in [0.2, 0.25) is 0 Å². The van der Waals surface area contributed by atoms with Gasteiger partial charge in [-0.2, -0.15) is 5.26 Å². The van der Waals surface area contributed by atoms with Gasteiger partial charge in [0.1, 0.15) is 11.7 Å². The van der Waals surface area contributed by atoms with Gasteiger partial charge < -0.3 is 5.11 Å². The Morgan fingerprint density at radius 2 is 1.83 bits per heavy atom. The molecule has 2 fully saturated rings. The van der Waals surface area contributed by atoms with E-state index in [9.17, 15) is 5.11 Å². The first kappa shape index (κ1) is 15.3. The lowest BCUT2D eigenvalue weighted by atomic mass is 9.83. The summed E-state index contributed by atoms with van der Waals surface area (Å²) in [5, 5.41) is 20.1. The highest BCUT2D eigenvalue weighted by Gasteiger charge is 2.48. The van der Waals surface area contributed by atoms with Gasteiger partial charge in [-0.05, 0) is 43.4 Å². The van der Waals surface area contributed by atoms with Gasteiger partial charge in [-0.15, -0.1) is 0 Å². The Bertz CT molecular complexity index is 737. The molecule has 2 saturated heterocycles. The van der Waals surface area contributed by atoms with Crippen molar-refractivity contribution in [2.45, 2.75) is 49.9 Å². The predicted molar refractivity (Wildman–Crippen MR) is 90.9 cm³/mol. The second-order valence-electron chi connectivity index (χ2n) is 7.03. The molecule has 4 nitrogen and oxygen atoms in total. The molecule has 1 aromatic heterocycles. The van der Waals surface area contributed by atoms with Crippen molar-refractivity contribution in [3.05, 3.63) is 65.5 Å². The minimum Gasteiger partial charge on any atom is -0.383 e. The number of aromatic nitrogens is 1. The number of piperidine rings is 1. The van der Waals surface area contributed by atoms with E-state index in [0.717, 1.165) is 32.2 Å². The summed E-state index contributed by atoms with van der Waals surface area (Å²) < 4.78 is 0. The zero-order valence-electron chi connectivity index (χ0n) is 13.6. The minimum atomic E-state index is -0.868. The third-order valence-electron chi connectivity index (χ3n) is 5.50. The van der Waals surface area contributed by atoms with Crippen LogP contribution in [0.5, 0.6) is 0 Å². The van der Waals surface area contributed by atoms with Gasteiger partial charge in [0, 0.05) is 24.8 Å². The van der Waals surface area contributed by atoms with E-state index >= 15 is 0 Å². The van der Waals surface area contributed by atoms with E-state index in [1.54, 1.807) is 12.3 Å². The molecule has 0 amide bonds. The molecule has 122 valence electrons. The van der Waals surface area contributed by atoms with Gasteiger partial charge in [-0.3, -0.25) is 9.88 Å². The molecule has 4 heteroatoms. The molecule has 2 aromatic rings. The fraction of sp³-hybridized carbons (Fsp3) is 0.400. The first-order valence-corrected chi connectivity index (χ1v) is 8.57. The molecule has 4 rings (SSSR count). The van der Waals surface area contributed by atoms with E-state index in [1.807, 2.05) is 12.1 Å². The van der Waals surface area contributed by atoms with Crippen molar-refractivity contribution in [2.24, 2.45) is 0 Å². The molecule has 0 aliphatic carbocycles. The highest BCUT2D eigenvalue weighted by molar-refractivity contribution is 5.29. The molecule has 2 unspecified atom stereocenters. The monoisotopic (exact) mass is 319 g/mol. The van der Waals surface area contributed by atoms with Crippen molar-refractivity contribution in [1.82, 2.24) is 9.88 Å². The largest absolute Gasteiger partial charge is 0.383 e. The van der Waals surface area contributed by atoms with Gasteiger partial charge in [0.15, 0.2) is 0 Å². The summed E-state index contributed by atoms with van der Waals surface area (Å²) >= 11 is 0. The van der Waals surface area contributed by atoms with Crippen molar-refractivity contribution in [3.63, 3.8) is 0 Å². The molecule has 2 aliphatic rings. The van der Waals surface area contributed by atoms with Crippen LogP contribution in [0.25, 0.3) is 0 Å². The van der Waals surface area contributed by atoms with E-state index in [1.165, 1.54) is 5.56 Å². The van der Waals surface area contributed by atoms with Crippen molar-refractivity contribution < 1.29 is 5.11 Å². The molecule has 2 atom stereocenters. The minimum absolute atomic E-state index is 0.395. The van der Waals surface area contributed by atoms with Crippen molar-refractivity contribution in [3.8, 4) is 6.07 Å². The van der Waals surface area contributed by atoms with Crippen molar-refractivity contribution in [1.29, 1.82) is 5.26 Å². The Morgan fingerprint density at radius 3 is 2.42 bits per heavy atom. The van der Waals surface area contributed by atoms with Crippen LogP contribution in [0, 0.1) is 11.3 Å². The van der Waals surface area contributed by atoms with Gasteiger partial charge in [-0.1, -0.05) is 30.3 Å². The van der Waals surface area contributed by atoms with Gasteiger partial charge in [0.25, 0.3) is 0 Å². The smallest absolute Gasteiger partial charge is 0.109 e. The summed E-state index contributed by atoms with van der Waals surface area (Å²) in [4.78, 5) is 6.91. The van der Waals surface area contributed by atoms with Crippen LogP contribution in [0.1, 0.15) is 42.5 Å². The lowest BCUT2D eigenvalue weighted by Crippen LogP contribution is -2.49. The van der Waals surface area contributed by atoms with Crippen LogP contribution < -0.4 is 0 Å². The molecule has 2 aliphatic heterocycles. The summed E-state index contributed by atoms with van der Waals surface area (Å²) in [5.74, 6) is 0. The highest BCUT2D eigenvalue weighted by Crippen LogP contribution is 2.45. The van der Waals surface area contributed by atoms with E-state index in [4.69, 9.17) is 5.26 Å². The zero-order chi connectivity index (χ0) is 16.6. The van der Waals surface area contributed by atoms with E-state index < -0.39 is 5.60 Å². The van der Waals surface area contributed by atoms with Gasteiger partial charge in [-0.25, -0.2) is 0 Å². The van der Waals surface area contributed by atoms with Crippen molar-refractivity contribution >= 4 is 0 Å². The van der Waals surface area contributed by atoms with Crippen LogP contribution >= 0.6 is 0 Å². The maximum Gasteiger partial charge on any atom is 0.109 e. The summed E-state index contributed by atoms with van der Waals surface area (Å²) in [6.45, 7) is 0.951. The first-order chi connectivity index (χ1) is 11.7. The summed E-state index contributed by atoms with van der Waals surface area (Å²) in [6.07, 6.45) is 5.27. The fourth-order valence-corrected chi connectivity index (χ4v) is 4.31. The van der Waals surface area contributed by atoms with Gasteiger partial charge >= 0.3 is 0 Å². The number of nitriles is 1. The first-order valence-electron chi connectivity index (χ1n) is 8.57. The number of rotatable bonds is 3. The number of aliphatic hydroxyl groups is 1. The van der Waals surface area contributed by atoms with E-state index in [0.29, 0.717) is 23.3 Å². The number of hydrogen-bond acceptors (Lipinski definition) is 4. The number of nitrogens with zero attached hydrogens (tertiary/aromatic N) is 3. The molecular weight excluding hydrogens is 298 g/mol. The maximum atomic E-state index is 11.2. The summed E-state index contributed by atoms with van der Waals surface area (Å²) in [7, 11) is 0. The standard InChI is InChI=1S/C20H21N3O/c21-12-16-6-9-19(22-13-16)20(24)10-17-7-8-18(11-20)23(17)14-15-4-2-1-3-5-15/h1-6,9,13,17-18,24H,7-8,10-11,14H2. The normalized spacial score (nSPS) is 29.3. The molecule has 0 saturated carbocycles. The maximum absolute atomic E-state index is 11.2. The SMILES string of the molecule is N#Cc1ccc(C2(O)CC3CCC(C2)N3Cc2ccccc2)nc1. The molecule has 0 radical (unpaired) electrons. The lowest BCUT2D eigenvalue weighted by molar-refractivity contribution is -0.0623. The second kappa shape index (κ2) is 6.01. The molecule has 0 spiro atoms. The Balaban J connectivity index is 1.54. The summed E-state index contributed by atoms with van der Waals surface area (Å²) in [6, 6.07) is 17.0. The third-order valence-corrected chi connectivity index (χ3v) is 5.50. The number of benzene rings is 1. The van der Waals surface area contributed by atoms with Crippen LogP contribution in [-0.4, -0.2) is 27.1 Å². The molecule has 1 N–H and O–H groups in total. The molecule has 24 heavy (non-hydrogen) atoms. The molecule has 2 bridgehead atoms. The Kier molecular flexibility index (Phi) is 3.84. The quantitative estimate of drug-likeness (QED) is 0.945. The lowest BCUT2D eigenvalue weighted by Gasteiger charge is -2.43. The Hall–Kier alpha value is -2.22. The topological polar surface area (TPSA) is 60.1 Å². The Labute approximate surface area is 142 Å². The second-order valence-corrected chi connectivity index (χ2v) is 7.03. The zero-order valence-corrected chi connectivity index (χ0v) is 13.6. The number of fused-ring (bicyclic) bond motifs is 2. The average Bonchev–Trinajstić information content (AvgIpc) is 2.86. The molecule has 3 heterocycles. The predicted octanol–water partition coefficient (Wildman–Crippen LogP) is 2.97. The molecular formula is C20H21N3O. The highest BCUT2D eigenvalue weighted by atomic mass is 16.3. The van der Waals surface area contributed by atoms with Crippen molar-refractivity contribution in [2.75, 3.05) is 0 Å². The van der Waals surface area contributed by atoms with E-state index in [-0.39, 0.29) is 0 Å². The van der Waals surface area contributed by atoms with Crippen LogP contribution in [0.15, 0.2) is 48.7 Å². The Morgan fingerprint density at radius 1 is 1.12 bits per heavy atom. The fourth-order valence-electron chi connectivity index (χ4n) is 4.31.